The first kappa shape index (κ1) is 19.1. The largest absolute Gasteiger partial charge is 0.106 e. The van der Waals surface area contributed by atoms with E-state index >= 15 is 0 Å². The third-order valence-electron chi connectivity index (χ3n) is 2.07. The molecule has 0 heteroatoms. The molecule has 0 nitrogen and oxygen atoms in total. The summed E-state index contributed by atoms with van der Waals surface area (Å²) in [6, 6.07) is 0. The summed E-state index contributed by atoms with van der Waals surface area (Å²) >= 11 is 0. The van der Waals surface area contributed by atoms with Crippen LogP contribution in [0.2, 0.25) is 0 Å². The molecule has 1 atom stereocenters. The van der Waals surface area contributed by atoms with Crippen molar-refractivity contribution >= 4 is 0 Å². The van der Waals surface area contributed by atoms with Crippen LogP contribution in [0.5, 0.6) is 0 Å². The SMILES string of the molecule is C.C=C.CC1C=CCC1.CCC(C)C. The fraction of sp³-hybridized carbons (Fsp3) is 0.714. The highest BCUT2D eigenvalue weighted by atomic mass is 14.0. The summed E-state index contributed by atoms with van der Waals surface area (Å²) in [5.41, 5.74) is 0. The fourth-order valence-electron chi connectivity index (χ4n) is 0.784. The molecule has 0 bridgehead atoms. The Morgan fingerprint density at radius 2 is 1.79 bits per heavy atom. The first-order valence-electron chi connectivity index (χ1n) is 5.33. The van der Waals surface area contributed by atoms with Crippen molar-refractivity contribution in [2.75, 3.05) is 0 Å². The lowest BCUT2D eigenvalue weighted by atomic mass is 10.2. The normalized spacial score (nSPS) is 17.4. The summed E-state index contributed by atoms with van der Waals surface area (Å²) in [7, 11) is 0. The minimum atomic E-state index is 0. The highest BCUT2D eigenvalue weighted by Crippen LogP contribution is 2.14. The van der Waals surface area contributed by atoms with E-state index in [1.807, 2.05) is 0 Å². The van der Waals surface area contributed by atoms with Crippen molar-refractivity contribution in [1.29, 1.82) is 0 Å². The molecule has 0 aliphatic heterocycles. The van der Waals surface area contributed by atoms with Gasteiger partial charge in [0.2, 0.25) is 0 Å². The van der Waals surface area contributed by atoms with Gasteiger partial charge in [-0.15, -0.1) is 13.2 Å². The first-order chi connectivity index (χ1) is 6.16. The van der Waals surface area contributed by atoms with Gasteiger partial charge in [-0.3, -0.25) is 0 Å². The molecule has 0 fully saturated rings. The van der Waals surface area contributed by atoms with Gasteiger partial charge < -0.3 is 0 Å². The predicted molar refractivity (Wildman–Crippen MR) is 70.7 cm³/mol. The van der Waals surface area contributed by atoms with Crippen LogP contribution in [0.4, 0.5) is 0 Å². The van der Waals surface area contributed by atoms with E-state index in [1.165, 1.54) is 19.3 Å². The standard InChI is InChI=1S/C6H10.C5H12.C2H4.CH4/c1-6-4-2-3-5-6;1-4-5(2)3;1-2;/h2,4,6H,3,5H2,1H3;5H,4H2,1-3H3;1-2H2;1H4. The van der Waals surface area contributed by atoms with E-state index in [2.05, 4.69) is 53.0 Å². The second-order valence-electron chi connectivity index (χ2n) is 3.78. The zero-order valence-corrected chi connectivity index (χ0v) is 9.84. The van der Waals surface area contributed by atoms with Gasteiger partial charge >= 0.3 is 0 Å². The molecule has 0 amide bonds. The summed E-state index contributed by atoms with van der Waals surface area (Å²) < 4.78 is 0. The van der Waals surface area contributed by atoms with E-state index < -0.39 is 0 Å². The van der Waals surface area contributed by atoms with Gasteiger partial charge in [-0.05, 0) is 24.7 Å². The van der Waals surface area contributed by atoms with Crippen molar-refractivity contribution in [2.24, 2.45) is 11.8 Å². The van der Waals surface area contributed by atoms with Crippen LogP contribution < -0.4 is 0 Å². The predicted octanol–water partition coefficient (Wildman–Crippen LogP) is 5.46. The summed E-state index contributed by atoms with van der Waals surface area (Å²) in [6.07, 6.45) is 8.52. The molecule has 0 aromatic carbocycles. The molecule has 14 heavy (non-hydrogen) atoms. The second kappa shape index (κ2) is 15.0. The maximum Gasteiger partial charge on any atom is -0.0259 e. The Balaban J connectivity index is -0.000000141. The highest BCUT2D eigenvalue weighted by Gasteiger charge is 1.98. The van der Waals surface area contributed by atoms with Crippen molar-refractivity contribution in [3.63, 3.8) is 0 Å². The van der Waals surface area contributed by atoms with Gasteiger partial charge in [0.05, 0.1) is 0 Å². The van der Waals surface area contributed by atoms with Crippen molar-refractivity contribution in [2.45, 2.75) is 54.4 Å². The average Bonchev–Trinajstić information content (AvgIpc) is 2.60. The summed E-state index contributed by atoms with van der Waals surface area (Å²) in [5.74, 6) is 1.75. The van der Waals surface area contributed by atoms with Crippen LogP contribution >= 0.6 is 0 Å². The van der Waals surface area contributed by atoms with E-state index in [-0.39, 0.29) is 7.43 Å². The van der Waals surface area contributed by atoms with Gasteiger partial charge in [0.15, 0.2) is 0 Å². The lowest BCUT2D eigenvalue weighted by Crippen LogP contribution is -1.77. The quantitative estimate of drug-likeness (QED) is 0.491. The van der Waals surface area contributed by atoms with Crippen LogP contribution in [-0.2, 0) is 0 Å². The van der Waals surface area contributed by atoms with Gasteiger partial charge in [0.25, 0.3) is 0 Å². The molecule has 1 rings (SSSR count). The second-order valence-corrected chi connectivity index (χ2v) is 3.78. The van der Waals surface area contributed by atoms with Gasteiger partial charge in [-0.1, -0.05) is 53.7 Å². The van der Waals surface area contributed by atoms with Crippen molar-refractivity contribution < 1.29 is 0 Å². The van der Waals surface area contributed by atoms with Gasteiger partial charge in [-0.2, -0.15) is 0 Å². The summed E-state index contributed by atoms with van der Waals surface area (Å²) in [6.45, 7) is 14.9. The zero-order valence-electron chi connectivity index (χ0n) is 9.84. The van der Waals surface area contributed by atoms with Gasteiger partial charge in [0.1, 0.15) is 0 Å². The van der Waals surface area contributed by atoms with Gasteiger partial charge in [0, 0.05) is 0 Å². The summed E-state index contributed by atoms with van der Waals surface area (Å²) in [4.78, 5) is 0. The van der Waals surface area contributed by atoms with E-state index in [1.54, 1.807) is 0 Å². The van der Waals surface area contributed by atoms with E-state index in [0.29, 0.717) is 0 Å². The van der Waals surface area contributed by atoms with Crippen LogP contribution in [0.15, 0.2) is 25.3 Å². The molecular weight excluding hydrogens is 168 g/mol. The fourth-order valence-corrected chi connectivity index (χ4v) is 0.784. The molecule has 0 saturated carbocycles. The highest BCUT2D eigenvalue weighted by molar-refractivity contribution is 4.93. The average molecular weight is 198 g/mol. The van der Waals surface area contributed by atoms with Crippen LogP contribution in [0.25, 0.3) is 0 Å². The van der Waals surface area contributed by atoms with Crippen molar-refractivity contribution in [3.05, 3.63) is 25.3 Å². The van der Waals surface area contributed by atoms with Crippen LogP contribution in [0.3, 0.4) is 0 Å². The molecule has 1 unspecified atom stereocenters. The molecular formula is C14H30. The molecule has 0 aromatic heterocycles. The Morgan fingerprint density at radius 3 is 1.86 bits per heavy atom. The minimum Gasteiger partial charge on any atom is -0.106 e. The molecule has 0 spiro atoms. The molecule has 0 saturated heterocycles. The lowest BCUT2D eigenvalue weighted by molar-refractivity contribution is 0.626. The maximum atomic E-state index is 3.00. The van der Waals surface area contributed by atoms with Crippen LogP contribution in [0, 0.1) is 11.8 Å². The monoisotopic (exact) mass is 198 g/mol. The third kappa shape index (κ3) is 17.5. The molecule has 0 radical (unpaired) electrons. The maximum absolute atomic E-state index is 3.00. The molecule has 0 N–H and O–H groups in total. The van der Waals surface area contributed by atoms with E-state index in [9.17, 15) is 0 Å². The third-order valence-corrected chi connectivity index (χ3v) is 2.07. The number of hydrogen-bond acceptors (Lipinski definition) is 0. The topological polar surface area (TPSA) is 0 Å². The number of allylic oxidation sites excluding steroid dienone is 2. The Bertz CT molecular complexity index is 111. The molecule has 1 aliphatic carbocycles. The molecule has 1 aliphatic rings. The lowest BCUT2D eigenvalue weighted by Gasteiger charge is -1.90. The number of hydrogen-bond donors (Lipinski definition) is 0. The smallest absolute Gasteiger partial charge is 0.0259 e. The number of rotatable bonds is 1. The summed E-state index contributed by atoms with van der Waals surface area (Å²) in [5, 5.41) is 0. The minimum absolute atomic E-state index is 0. The van der Waals surface area contributed by atoms with Crippen molar-refractivity contribution in [3.8, 4) is 0 Å². The zero-order chi connectivity index (χ0) is 10.7. The molecule has 86 valence electrons. The Labute approximate surface area is 92.1 Å². The Hall–Kier alpha value is -0.520. The van der Waals surface area contributed by atoms with Crippen LogP contribution in [0.1, 0.15) is 54.4 Å². The van der Waals surface area contributed by atoms with Gasteiger partial charge in [-0.25, -0.2) is 0 Å². The molecule has 0 heterocycles. The molecule has 0 aromatic rings. The Kier molecular flexibility index (Phi) is 20.4. The van der Waals surface area contributed by atoms with E-state index in [4.69, 9.17) is 0 Å². The van der Waals surface area contributed by atoms with Crippen molar-refractivity contribution in [1.82, 2.24) is 0 Å². The Morgan fingerprint density at radius 1 is 1.36 bits per heavy atom. The first-order valence-corrected chi connectivity index (χ1v) is 5.33. The van der Waals surface area contributed by atoms with Crippen LogP contribution in [-0.4, -0.2) is 0 Å². The van der Waals surface area contributed by atoms with E-state index in [0.717, 1.165) is 11.8 Å².